The third-order valence-electron chi connectivity index (χ3n) is 5.29. The molecular formula is C24H22N4O2. The van der Waals surface area contributed by atoms with Gasteiger partial charge < -0.3 is 19.9 Å². The van der Waals surface area contributed by atoms with Gasteiger partial charge >= 0.3 is 0 Å². The first-order chi connectivity index (χ1) is 14.8. The van der Waals surface area contributed by atoms with Crippen LogP contribution in [-0.4, -0.2) is 42.2 Å². The molecule has 6 heteroatoms. The highest BCUT2D eigenvalue weighted by Gasteiger charge is 2.12. The van der Waals surface area contributed by atoms with Crippen LogP contribution in [-0.2, 0) is 4.74 Å². The molecule has 1 aliphatic rings. The topological polar surface area (TPSA) is 70.2 Å². The highest BCUT2D eigenvalue weighted by molar-refractivity contribution is 6.05. The number of imidazole rings is 1. The van der Waals surface area contributed by atoms with Crippen molar-refractivity contribution in [2.45, 2.75) is 0 Å². The zero-order valence-corrected chi connectivity index (χ0v) is 16.5. The normalized spacial score (nSPS) is 14.1. The number of carbonyl (C=O) groups is 1. The lowest BCUT2D eigenvalue weighted by atomic mass is 10.2. The van der Waals surface area contributed by atoms with Gasteiger partial charge in [0, 0.05) is 35.6 Å². The van der Waals surface area contributed by atoms with E-state index in [9.17, 15) is 4.79 Å². The largest absolute Gasteiger partial charge is 0.378 e. The number of hydrogen-bond donors (Lipinski definition) is 2. The van der Waals surface area contributed by atoms with Crippen LogP contribution in [0.1, 0.15) is 10.4 Å². The minimum atomic E-state index is -0.131. The average Bonchev–Trinajstić information content (AvgIpc) is 3.24. The molecular weight excluding hydrogens is 376 g/mol. The van der Waals surface area contributed by atoms with Crippen molar-refractivity contribution in [2.75, 3.05) is 36.5 Å². The summed E-state index contributed by atoms with van der Waals surface area (Å²) in [5.74, 6) is 0.679. The van der Waals surface area contributed by atoms with Gasteiger partial charge in [-0.2, -0.15) is 0 Å². The number of amides is 1. The van der Waals surface area contributed by atoms with Gasteiger partial charge in [-0.1, -0.05) is 18.2 Å². The van der Waals surface area contributed by atoms with Crippen molar-refractivity contribution in [3.63, 3.8) is 0 Å². The Morgan fingerprint density at radius 1 is 0.967 bits per heavy atom. The van der Waals surface area contributed by atoms with E-state index in [1.807, 2.05) is 36.4 Å². The van der Waals surface area contributed by atoms with Gasteiger partial charge in [0.2, 0.25) is 0 Å². The Hall–Kier alpha value is -3.64. The lowest BCUT2D eigenvalue weighted by Crippen LogP contribution is -2.36. The zero-order chi connectivity index (χ0) is 20.3. The molecule has 2 heterocycles. The summed E-state index contributed by atoms with van der Waals surface area (Å²) in [7, 11) is 0. The van der Waals surface area contributed by atoms with Crippen molar-refractivity contribution in [2.24, 2.45) is 0 Å². The molecule has 0 spiro atoms. The molecule has 3 aromatic carbocycles. The second kappa shape index (κ2) is 8.00. The Kier molecular flexibility index (Phi) is 4.91. The number of rotatable bonds is 4. The molecule has 0 saturated carbocycles. The number of ether oxygens (including phenoxy) is 1. The van der Waals surface area contributed by atoms with Crippen LogP contribution in [0.25, 0.3) is 22.4 Å². The number of aromatic nitrogens is 2. The lowest BCUT2D eigenvalue weighted by molar-refractivity contribution is 0.102. The summed E-state index contributed by atoms with van der Waals surface area (Å²) >= 11 is 0. The van der Waals surface area contributed by atoms with Gasteiger partial charge in [0.15, 0.2) is 0 Å². The number of nitrogens with one attached hydrogen (secondary N) is 2. The van der Waals surface area contributed by atoms with Gasteiger partial charge in [-0.25, -0.2) is 4.98 Å². The highest BCUT2D eigenvalue weighted by atomic mass is 16.5. The number of aromatic amines is 1. The van der Waals surface area contributed by atoms with Crippen molar-refractivity contribution < 1.29 is 9.53 Å². The molecule has 6 nitrogen and oxygen atoms in total. The Labute approximate surface area is 174 Å². The Morgan fingerprint density at radius 2 is 1.73 bits per heavy atom. The molecule has 1 amide bonds. The molecule has 150 valence electrons. The summed E-state index contributed by atoms with van der Waals surface area (Å²) in [6, 6.07) is 23.3. The van der Waals surface area contributed by atoms with Gasteiger partial charge in [0.05, 0.1) is 24.2 Å². The molecule has 4 aromatic rings. The fourth-order valence-corrected chi connectivity index (χ4v) is 3.67. The monoisotopic (exact) mass is 398 g/mol. The van der Waals surface area contributed by atoms with Crippen LogP contribution < -0.4 is 10.2 Å². The van der Waals surface area contributed by atoms with Crippen molar-refractivity contribution >= 4 is 28.3 Å². The van der Waals surface area contributed by atoms with E-state index >= 15 is 0 Å². The third kappa shape index (κ3) is 3.77. The van der Waals surface area contributed by atoms with Crippen LogP contribution in [0.15, 0.2) is 72.8 Å². The van der Waals surface area contributed by atoms with E-state index in [0.29, 0.717) is 5.56 Å². The van der Waals surface area contributed by atoms with Gasteiger partial charge in [0.25, 0.3) is 5.91 Å². The first-order valence-electron chi connectivity index (χ1n) is 10.1. The first-order valence-corrected chi connectivity index (χ1v) is 10.1. The Balaban J connectivity index is 1.35. The number of fused-ring (bicyclic) bond motifs is 1. The second-order valence-electron chi connectivity index (χ2n) is 7.28. The molecule has 0 unspecified atom stereocenters. The summed E-state index contributed by atoms with van der Waals surface area (Å²) in [4.78, 5) is 22.8. The average molecular weight is 398 g/mol. The summed E-state index contributed by atoms with van der Waals surface area (Å²) in [6.45, 7) is 3.38. The summed E-state index contributed by atoms with van der Waals surface area (Å²) in [5, 5.41) is 2.94. The SMILES string of the molecule is O=C(Nc1ccc2nc(-c3ccc(N4CCOCC4)cc3)[nH]c2c1)c1ccccc1. The molecule has 1 saturated heterocycles. The van der Waals surface area contributed by atoms with Crippen molar-refractivity contribution in [1.82, 2.24) is 9.97 Å². The van der Waals surface area contributed by atoms with Crippen LogP contribution in [0.3, 0.4) is 0 Å². The van der Waals surface area contributed by atoms with Crippen molar-refractivity contribution in [1.29, 1.82) is 0 Å². The Bertz CT molecular complexity index is 1160. The molecule has 0 atom stereocenters. The van der Waals surface area contributed by atoms with E-state index in [1.165, 1.54) is 5.69 Å². The number of nitrogens with zero attached hydrogens (tertiary/aromatic N) is 2. The highest BCUT2D eigenvalue weighted by Crippen LogP contribution is 2.25. The predicted octanol–water partition coefficient (Wildman–Crippen LogP) is 4.32. The maximum absolute atomic E-state index is 12.4. The van der Waals surface area contributed by atoms with Gasteiger partial charge in [-0.15, -0.1) is 0 Å². The number of anilines is 2. The molecule has 1 fully saturated rings. The van der Waals surface area contributed by atoms with E-state index in [4.69, 9.17) is 9.72 Å². The maximum atomic E-state index is 12.4. The fourth-order valence-electron chi connectivity index (χ4n) is 3.67. The van der Waals surface area contributed by atoms with Gasteiger partial charge in [0.1, 0.15) is 5.82 Å². The minimum absolute atomic E-state index is 0.131. The molecule has 1 aromatic heterocycles. The molecule has 5 rings (SSSR count). The number of H-pyrrole nitrogens is 1. The van der Waals surface area contributed by atoms with E-state index in [1.54, 1.807) is 12.1 Å². The van der Waals surface area contributed by atoms with Crippen molar-refractivity contribution in [3.05, 3.63) is 78.4 Å². The molecule has 30 heavy (non-hydrogen) atoms. The molecule has 1 aliphatic heterocycles. The third-order valence-corrected chi connectivity index (χ3v) is 5.29. The van der Waals surface area contributed by atoms with Crippen LogP contribution in [0.5, 0.6) is 0 Å². The van der Waals surface area contributed by atoms with E-state index < -0.39 is 0 Å². The van der Waals surface area contributed by atoms with Crippen LogP contribution in [0, 0.1) is 0 Å². The van der Waals surface area contributed by atoms with Gasteiger partial charge in [-0.05, 0) is 54.6 Å². The van der Waals surface area contributed by atoms with Crippen LogP contribution in [0.4, 0.5) is 11.4 Å². The molecule has 2 N–H and O–H groups in total. The smallest absolute Gasteiger partial charge is 0.255 e. The summed E-state index contributed by atoms with van der Waals surface area (Å²) in [6.07, 6.45) is 0. The van der Waals surface area contributed by atoms with E-state index in [2.05, 4.69) is 39.5 Å². The number of morpholine rings is 1. The first kappa shape index (κ1) is 18.4. The molecule has 0 aliphatic carbocycles. The van der Waals surface area contributed by atoms with Gasteiger partial charge in [-0.3, -0.25) is 4.79 Å². The standard InChI is InChI=1S/C24H22N4O2/c29-24(18-4-2-1-3-5-18)25-19-8-11-21-22(16-19)27-23(26-21)17-6-9-20(10-7-17)28-12-14-30-15-13-28/h1-11,16H,12-15H2,(H,25,29)(H,26,27). The fraction of sp³-hybridized carbons (Fsp3) is 0.167. The summed E-state index contributed by atoms with van der Waals surface area (Å²) < 4.78 is 5.42. The summed E-state index contributed by atoms with van der Waals surface area (Å²) in [5.41, 5.74) is 5.33. The number of carbonyl (C=O) groups excluding carboxylic acids is 1. The lowest BCUT2D eigenvalue weighted by Gasteiger charge is -2.28. The molecule has 0 radical (unpaired) electrons. The van der Waals surface area contributed by atoms with Crippen LogP contribution >= 0.6 is 0 Å². The maximum Gasteiger partial charge on any atom is 0.255 e. The second-order valence-corrected chi connectivity index (χ2v) is 7.28. The van der Waals surface area contributed by atoms with Crippen LogP contribution in [0.2, 0.25) is 0 Å². The number of hydrogen-bond acceptors (Lipinski definition) is 4. The predicted molar refractivity (Wildman–Crippen MR) is 119 cm³/mol. The minimum Gasteiger partial charge on any atom is -0.378 e. The van der Waals surface area contributed by atoms with E-state index in [-0.39, 0.29) is 5.91 Å². The van der Waals surface area contributed by atoms with Crippen molar-refractivity contribution in [3.8, 4) is 11.4 Å². The molecule has 0 bridgehead atoms. The number of benzene rings is 3. The Morgan fingerprint density at radius 3 is 2.50 bits per heavy atom. The zero-order valence-electron chi connectivity index (χ0n) is 16.5. The van der Waals surface area contributed by atoms with E-state index in [0.717, 1.165) is 54.4 Å². The quantitative estimate of drug-likeness (QED) is 0.537.